The molecule has 2 aromatic carbocycles. The quantitative estimate of drug-likeness (QED) is 0.431. The van der Waals surface area contributed by atoms with Gasteiger partial charge in [-0.15, -0.1) is 11.3 Å². The molecule has 1 aromatic heterocycles. The number of aliphatic carboxylic acids is 1. The van der Waals surface area contributed by atoms with E-state index in [4.69, 9.17) is 4.74 Å². The Kier molecular flexibility index (Phi) is 7.02. The number of thiazole rings is 1. The highest BCUT2D eigenvalue weighted by atomic mass is 32.1. The van der Waals surface area contributed by atoms with Crippen molar-refractivity contribution in [1.29, 1.82) is 0 Å². The van der Waals surface area contributed by atoms with Crippen molar-refractivity contribution in [3.63, 3.8) is 0 Å². The van der Waals surface area contributed by atoms with Gasteiger partial charge in [-0.1, -0.05) is 24.3 Å². The summed E-state index contributed by atoms with van der Waals surface area (Å²) in [5.41, 5.74) is -0.383. The largest absolute Gasteiger partial charge is 0.478 e. The highest BCUT2D eigenvalue weighted by Gasteiger charge is 2.30. The average molecular weight is 493 g/mol. The van der Waals surface area contributed by atoms with Crippen LogP contribution in [0.2, 0.25) is 0 Å². The van der Waals surface area contributed by atoms with Gasteiger partial charge in [0.25, 0.3) is 5.91 Å². The number of nitrogens with one attached hydrogen (secondary N) is 1. The number of carbonyl (C=O) groups is 2. The molecule has 34 heavy (non-hydrogen) atoms. The second-order valence-electron chi connectivity index (χ2n) is 8.19. The summed E-state index contributed by atoms with van der Waals surface area (Å²) in [5, 5.41) is 12.5. The Labute approximate surface area is 198 Å². The molecule has 1 atom stereocenters. The molecule has 1 heterocycles. The normalized spacial score (nSPS) is 12.8. The van der Waals surface area contributed by atoms with Gasteiger partial charge in [0.15, 0.2) is 5.60 Å². The fraction of sp³-hybridized carbons (Fsp3) is 0.292. The SMILES string of the molecule is Cc1nc(-c2ccc(C(F)(F)F)cc2)sc1C(=O)NC(C)c1ccc(OC(C)(C)C(=O)O)cc1. The third-order valence-corrected chi connectivity index (χ3v) is 6.28. The maximum atomic E-state index is 12.8. The molecule has 0 aliphatic carbocycles. The minimum atomic E-state index is -4.42. The van der Waals surface area contributed by atoms with Crippen LogP contribution >= 0.6 is 11.3 Å². The van der Waals surface area contributed by atoms with E-state index in [2.05, 4.69) is 10.3 Å². The van der Waals surface area contributed by atoms with Gasteiger partial charge >= 0.3 is 12.1 Å². The number of nitrogens with zero attached hydrogens (tertiary/aromatic N) is 1. The number of rotatable bonds is 7. The van der Waals surface area contributed by atoms with E-state index in [1.807, 2.05) is 0 Å². The molecule has 0 bridgehead atoms. The summed E-state index contributed by atoms with van der Waals surface area (Å²) >= 11 is 1.10. The number of carboxylic acids is 1. The Morgan fingerprint density at radius 3 is 2.18 bits per heavy atom. The van der Waals surface area contributed by atoms with Gasteiger partial charge < -0.3 is 15.2 Å². The number of amides is 1. The zero-order valence-corrected chi connectivity index (χ0v) is 19.7. The van der Waals surface area contributed by atoms with Gasteiger partial charge in [0.2, 0.25) is 0 Å². The van der Waals surface area contributed by atoms with E-state index in [1.165, 1.54) is 26.0 Å². The molecular weight excluding hydrogens is 469 g/mol. The van der Waals surface area contributed by atoms with E-state index in [-0.39, 0.29) is 11.9 Å². The van der Waals surface area contributed by atoms with E-state index < -0.39 is 23.3 Å². The molecule has 3 rings (SSSR count). The van der Waals surface area contributed by atoms with Gasteiger partial charge in [-0.2, -0.15) is 13.2 Å². The van der Waals surface area contributed by atoms with E-state index in [1.54, 1.807) is 38.1 Å². The lowest BCUT2D eigenvalue weighted by atomic mass is 10.1. The van der Waals surface area contributed by atoms with E-state index in [0.717, 1.165) is 29.0 Å². The van der Waals surface area contributed by atoms with Crippen LogP contribution in [-0.2, 0) is 11.0 Å². The first-order valence-corrected chi connectivity index (χ1v) is 11.1. The van der Waals surface area contributed by atoms with Crippen LogP contribution in [0.5, 0.6) is 5.75 Å². The lowest BCUT2D eigenvalue weighted by Crippen LogP contribution is -2.37. The molecule has 0 aliphatic heterocycles. The van der Waals surface area contributed by atoms with Gasteiger partial charge in [-0.05, 0) is 57.5 Å². The Bertz CT molecular complexity index is 1190. The lowest BCUT2D eigenvalue weighted by Gasteiger charge is -2.22. The Hall–Kier alpha value is -3.40. The molecule has 0 fully saturated rings. The molecule has 0 aliphatic rings. The summed E-state index contributed by atoms with van der Waals surface area (Å²) in [4.78, 5) is 28.8. The summed E-state index contributed by atoms with van der Waals surface area (Å²) in [6.07, 6.45) is -4.42. The van der Waals surface area contributed by atoms with Crippen molar-refractivity contribution >= 4 is 23.2 Å². The van der Waals surface area contributed by atoms with Crippen molar-refractivity contribution in [1.82, 2.24) is 10.3 Å². The number of hydrogen-bond donors (Lipinski definition) is 2. The number of carbonyl (C=O) groups excluding carboxylic acids is 1. The third kappa shape index (κ3) is 5.74. The fourth-order valence-corrected chi connectivity index (χ4v) is 4.02. The minimum Gasteiger partial charge on any atom is -0.478 e. The zero-order valence-electron chi connectivity index (χ0n) is 18.9. The summed E-state index contributed by atoms with van der Waals surface area (Å²) in [6, 6.07) is 11.0. The lowest BCUT2D eigenvalue weighted by molar-refractivity contribution is -0.152. The number of alkyl halides is 3. The average Bonchev–Trinajstić information content (AvgIpc) is 3.15. The van der Waals surface area contributed by atoms with Crippen molar-refractivity contribution in [3.8, 4) is 16.3 Å². The fourth-order valence-electron chi connectivity index (χ4n) is 3.04. The van der Waals surface area contributed by atoms with E-state index in [9.17, 15) is 27.9 Å². The van der Waals surface area contributed by atoms with Gasteiger partial charge in [-0.25, -0.2) is 9.78 Å². The predicted octanol–water partition coefficient (Wildman–Crippen LogP) is 5.87. The topological polar surface area (TPSA) is 88.5 Å². The number of ether oxygens (including phenoxy) is 1. The van der Waals surface area contributed by atoms with Crippen molar-refractivity contribution in [2.45, 2.75) is 45.5 Å². The first-order valence-electron chi connectivity index (χ1n) is 10.3. The van der Waals surface area contributed by atoms with Crippen LogP contribution in [0.15, 0.2) is 48.5 Å². The van der Waals surface area contributed by atoms with Crippen molar-refractivity contribution in [3.05, 3.63) is 70.2 Å². The van der Waals surface area contributed by atoms with E-state index in [0.29, 0.717) is 26.9 Å². The summed E-state index contributed by atoms with van der Waals surface area (Å²) in [5.74, 6) is -1.06. The molecule has 180 valence electrons. The van der Waals surface area contributed by atoms with Crippen molar-refractivity contribution < 1.29 is 32.6 Å². The van der Waals surface area contributed by atoms with Crippen LogP contribution in [0.1, 0.15) is 53.3 Å². The third-order valence-electron chi connectivity index (χ3n) is 5.08. The molecule has 6 nitrogen and oxygen atoms in total. The minimum absolute atomic E-state index is 0.354. The molecule has 10 heteroatoms. The van der Waals surface area contributed by atoms with Gasteiger partial charge in [0, 0.05) is 5.56 Å². The molecule has 1 amide bonds. The molecule has 0 radical (unpaired) electrons. The smallest absolute Gasteiger partial charge is 0.416 e. The summed E-state index contributed by atoms with van der Waals surface area (Å²) < 4.78 is 43.8. The maximum Gasteiger partial charge on any atom is 0.416 e. The summed E-state index contributed by atoms with van der Waals surface area (Å²) in [6.45, 7) is 6.35. The second-order valence-corrected chi connectivity index (χ2v) is 9.19. The van der Waals surface area contributed by atoms with Crippen LogP contribution in [0.3, 0.4) is 0 Å². The van der Waals surface area contributed by atoms with Gasteiger partial charge in [0.1, 0.15) is 15.6 Å². The number of hydrogen-bond acceptors (Lipinski definition) is 5. The first-order chi connectivity index (χ1) is 15.8. The van der Waals surface area contributed by atoms with Crippen molar-refractivity contribution in [2.75, 3.05) is 0 Å². The summed E-state index contributed by atoms with van der Waals surface area (Å²) in [7, 11) is 0. The molecule has 2 N–H and O–H groups in total. The monoisotopic (exact) mass is 492 g/mol. The van der Waals surface area contributed by atoms with E-state index >= 15 is 0 Å². The number of carboxylic acid groups (broad SMARTS) is 1. The Balaban J connectivity index is 1.70. The standard InChI is InChI=1S/C24H23F3N2O4S/c1-13(15-7-11-18(12-8-15)33-23(3,4)22(31)32)28-20(30)19-14(2)29-21(34-19)16-5-9-17(10-6-16)24(25,26)27/h5-13H,1-4H3,(H,28,30)(H,31,32). The molecule has 0 saturated carbocycles. The first kappa shape index (κ1) is 25.2. The Morgan fingerprint density at radius 2 is 1.65 bits per heavy atom. The molecule has 1 unspecified atom stereocenters. The van der Waals surface area contributed by atoms with Crippen molar-refractivity contribution in [2.24, 2.45) is 0 Å². The predicted molar refractivity (Wildman–Crippen MR) is 122 cm³/mol. The van der Waals surface area contributed by atoms with Gasteiger partial charge in [-0.3, -0.25) is 4.79 Å². The highest BCUT2D eigenvalue weighted by Crippen LogP contribution is 2.33. The molecule has 0 spiro atoms. The molecule has 3 aromatic rings. The highest BCUT2D eigenvalue weighted by molar-refractivity contribution is 7.17. The number of aromatic nitrogens is 1. The van der Waals surface area contributed by atoms with Gasteiger partial charge in [0.05, 0.1) is 17.3 Å². The van der Waals surface area contributed by atoms with Crippen LogP contribution in [0.4, 0.5) is 13.2 Å². The van der Waals surface area contributed by atoms with Crippen LogP contribution in [-0.4, -0.2) is 27.6 Å². The van der Waals surface area contributed by atoms with Crippen LogP contribution in [0.25, 0.3) is 10.6 Å². The molecular formula is C24H23F3N2O4S. The molecule has 0 saturated heterocycles. The van der Waals surface area contributed by atoms with Crippen LogP contribution < -0.4 is 10.1 Å². The second kappa shape index (κ2) is 9.46. The maximum absolute atomic E-state index is 12.8. The number of halogens is 3. The van der Waals surface area contributed by atoms with Crippen LogP contribution in [0, 0.1) is 6.92 Å². The number of aryl methyl sites for hydroxylation is 1. The Morgan fingerprint density at radius 1 is 1.06 bits per heavy atom. The zero-order chi connectivity index (χ0) is 25.3. The number of benzene rings is 2.